The van der Waals surface area contributed by atoms with Crippen molar-refractivity contribution in [3.05, 3.63) is 30.3 Å². The van der Waals surface area contributed by atoms with Gasteiger partial charge in [-0.2, -0.15) is 0 Å². The second-order valence-electron chi connectivity index (χ2n) is 2.16. The monoisotopic (exact) mass is 196 g/mol. The quantitative estimate of drug-likeness (QED) is 0.546. The van der Waals surface area contributed by atoms with Gasteiger partial charge in [-0.15, -0.1) is 6.42 Å². The molecule has 0 saturated carbocycles. The zero-order valence-electron chi connectivity index (χ0n) is 6.90. The minimum absolute atomic E-state index is 0.00459. The van der Waals surface area contributed by atoms with Crippen molar-refractivity contribution in [3.8, 4) is 18.1 Å². The number of benzene rings is 1. The lowest BCUT2D eigenvalue weighted by Crippen LogP contribution is -1.86. The predicted octanol–water partition coefficient (Wildman–Crippen LogP) is 2.10. The van der Waals surface area contributed by atoms with Crippen molar-refractivity contribution in [2.24, 2.45) is 0 Å². The summed E-state index contributed by atoms with van der Waals surface area (Å²) in [4.78, 5) is 0. The van der Waals surface area contributed by atoms with Crippen molar-refractivity contribution in [2.45, 2.75) is 0 Å². The number of para-hydroxylation sites is 1. The van der Waals surface area contributed by atoms with E-state index in [2.05, 4.69) is 10.4 Å². The molecule has 0 saturated heterocycles. The largest absolute Gasteiger partial charge is 0.426 e. The Bertz CT molecular complexity index is 315. The van der Waals surface area contributed by atoms with Crippen molar-refractivity contribution >= 4 is 8.25 Å². The van der Waals surface area contributed by atoms with E-state index in [1.54, 1.807) is 24.3 Å². The van der Waals surface area contributed by atoms with Crippen LogP contribution in [0.4, 0.5) is 0 Å². The second-order valence-corrected chi connectivity index (χ2v) is 3.15. The van der Waals surface area contributed by atoms with Crippen LogP contribution in [0.2, 0.25) is 0 Å². The number of hydrogen-bond donors (Lipinski definition) is 0. The first-order valence-corrected chi connectivity index (χ1v) is 4.88. The molecule has 0 radical (unpaired) electrons. The molecule has 0 aliphatic rings. The number of hydrogen-bond acceptors (Lipinski definition) is 3. The molecule has 3 nitrogen and oxygen atoms in total. The maximum Gasteiger partial charge on any atom is 0.368 e. The van der Waals surface area contributed by atoms with E-state index in [1.807, 2.05) is 6.07 Å². The van der Waals surface area contributed by atoms with Gasteiger partial charge in [0.25, 0.3) is 0 Å². The van der Waals surface area contributed by atoms with E-state index in [-0.39, 0.29) is 6.61 Å². The van der Waals surface area contributed by atoms with E-state index in [9.17, 15) is 4.57 Å². The second kappa shape index (κ2) is 5.42. The molecule has 1 rings (SSSR count). The lowest BCUT2D eigenvalue weighted by Gasteiger charge is -2.03. The zero-order valence-corrected chi connectivity index (χ0v) is 7.90. The smallest absolute Gasteiger partial charge is 0.368 e. The highest BCUT2D eigenvalue weighted by Gasteiger charge is 1.99. The van der Waals surface area contributed by atoms with Gasteiger partial charge in [0.1, 0.15) is 12.4 Å². The Morgan fingerprint density at radius 3 is 2.69 bits per heavy atom. The Labute approximate surface area is 77.6 Å². The normalized spacial score (nSPS) is 11.6. The first-order chi connectivity index (χ1) is 6.33. The summed E-state index contributed by atoms with van der Waals surface area (Å²) in [5.74, 6) is 2.72. The molecule has 13 heavy (non-hydrogen) atoms. The molecule has 0 aromatic heterocycles. The molecular formula is C9H9O3P. The van der Waals surface area contributed by atoms with E-state index < -0.39 is 8.25 Å². The molecule has 0 N–H and O–H groups in total. The highest BCUT2D eigenvalue weighted by molar-refractivity contribution is 7.33. The van der Waals surface area contributed by atoms with Crippen LogP contribution in [0.3, 0.4) is 0 Å². The fraction of sp³-hybridized carbons (Fsp3) is 0.111. The Kier molecular flexibility index (Phi) is 4.11. The van der Waals surface area contributed by atoms with Gasteiger partial charge in [0.15, 0.2) is 0 Å². The van der Waals surface area contributed by atoms with Crippen LogP contribution < -0.4 is 4.52 Å². The van der Waals surface area contributed by atoms with Crippen LogP contribution in [0.5, 0.6) is 5.75 Å². The summed E-state index contributed by atoms with van der Waals surface area (Å²) in [6.45, 7) is 0.00459. The Balaban J connectivity index is 2.42. The highest BCUT2D eigenvalue weighted by atomic mass is 31.1. The van der Waals surface area contributed by atoms with Crippen LogP contribution in [-0.4, -0.2) is 6.61 Å². The average molecular weight is 196 g/mol. The van der Waals surface area contributed by atoms with Gasteiger partial charge >= 0.3 is 8.25 Å². The number of rotatable bonds is 4. The third-order valence-electron chi connectivity index (χ3n) is 1.22. The lowest BCUT2D eigenvalue weighted by molar-refractivity contribution is 0.322. The summed E-state index contributed by atoms with van der Waals surface area (Å²) in [5, 5.41) is 0. The van der Waals surface area contributed by atoms with Crippen LogP contribution in [0, 0.1) is 12.3 Å². The molecule has 0 aliphatic heterocycles. The molecular weight excluding hydrogens is 187 g/mol. The topological polar surface area (TPSA) is 35.5 Å². The maximum absolute atomic E-state index is 11.0. The first-order valence-electron chi connectivity index (χ1n) is 3.66. The van der Waals surface area contributed by atoms with E-state index in [4.69, 9.17) is 10.9 Å². The van der Waals surface area contributed by atoms with Crippen molar-refractivity contribution in [3.63, 3.8) is 0 Å². The van der Waals surface area contributed by atoms with Crippen molar-refractivity contribution in [2.75, 3.05) is 6.61 Å². The van der Waals surface area contributed by atoms with Crippen LogP contribution >= 0.6 is 8.25 Å². The van der Waals surface area contributed by atoms with Crippen LogP contribution in [0.25, 0.3) is 0 Å². The fourth-order valence-corrected chi connectivity index (χ4v) is 1.30. The lowest BCUT2D eigenvalue weighted by atomic mass is 10.3. The minimum atomic E-state index is -2.50. The summed E-state index contributed by atoms with van der Waals surface area (Å²) in [5.41, 5.74) is 0. The predicted molar refractivity (Wildman–Crippen MR) is 50.9 cm³/mol. The number of terminal acetylenes is 1. The third-order valence-corrected chi connectivity index (χ3v) is 2.00. The molecule has 0 aliphatic carbocycles. The average Bonchev–Trinajstić information content (AvgIpc) is 2.16. The molecule has 4 heteroatoms. The molecule has 1 unspecified atom stereocenters. The molecule has 0 amide bonds. The highest BCUT2D eigenvalue weighted by Crippen LogP contribution is 2.26. The fourth-order valence-electron chi connectivity index (χ4n) is 0.715. The van der Waals surface area contributed by atoms with Crippen molar-refractivity contribution < 1.29 is 13.6 Å². The van der Waals surface area contributed by atoms with Gasteiger partial charge in [0.2, 0.25) is 0 Å². The first kappa shape index (κ1) is 9.85. The maximum atomic E-state index is 11.0. The summed E-state index contributed by atoms with van der Waals surface area (Å²) in [6, 6.07) is 8.80. The standard InChI is InChI=1S/C9H9O3P/c1-2-8-11-13(10)12-9-6-4-3-5-7-9/h1,3-7,13H,8H2. The molecule has 1 aromatic carbocycles. The van der Waals surface area contributed by atoms with Gasteiger partial charge in [0, 0.05) is 0 Å². The Hall–Kier alpha value is -1.23. The molecule has 1 atom stereocenters. The zero-order chi connectivity index (χ0) is 9.52. The molecule has 1 aromatic rings. The van der Waals surface area contributed by atoms with Crippen molar-refractivity contribution in [1.82, 2.24) is 0 Å². The molecule has 68 valence electrons. The van der Waals surface area contributed by atoms with Crippen molar-refractivity contribution in [1.29, 1.82) is 0 Å². The SMILES string of the molecule is C#CCO[PH](=O)Oc1ccccc1. The molecule has 0 spiro atoms. The third kappa shape index (κ3) is 3.80. The van der Waals surface area contributed by atoms with E-state index in [0.29, 0.717) is 5.75 Å². The summed E-state index contributed by atoms with van der Waals surface area (Å²) >= 11 is 0. The van der Waals surface area contributed by atoms with Gasteiger partial charge in [-0.1, -0.05) is 24.1 Å². The van der Waals surface area contributed by atoms with Gasteiger partial charge in [-0.25, -0.2) is 4.57 Å². The molecule has 0 heterocycles. The van der Waals surface area contributed by atoms with E-state index in [0.717, 1.165) is 0 Å². The van der Waals surface area contributed by atoms with E-state index >= 15 is 0 Å². The molecule has 0 fully saturated rings. The Morgan fingerprint density at radius 2 is 2.08 bits per heavy atom. The van der Waals surface area contributed by atoms with Gasteiger partial charge in [-0.3, -0.25) is 4.52 Å². The van der Waals surface area contributed by atoms with Crippen LogP contribution in [-0.2, 0) is 9.09 Å². The summed E-state index contributed by atoms with van der Waals surface area (Å²) in [7, 11) is -2.50. The van der Waals surface area contributed by atoms with Crippen LogP contribution in [0.1, 0.15) is 0 Å². The molecule has 0 bridgehead atoms. The van der Waals surface area contributed by atoms with Gasteiger partial charge in [-0.05, 0) is 12.1 Å². The summed E-state index contributed by atoms with van der Waals surface area (Å²) < 4.78 is 20.6. The minimum Gasteiger partial charge on any atom is -0.426 e. The Morgan fingerprint density at radius 1 is 1.38 bits per heavy atom. The van der Waals surface area contributed by atoms with Gasteiger partial charge < -0.3 is 4.52 Å². The van der Waals surface area contributed by atoms with Crippen LogP contribution in [0.15, 0.2) is 30.3 Å². The van der Waals surface area contributed by atoms with E-state index in [1.165, 1.54) is 0 Å². The van der Waals surface area contributed by atoms with Gasteiger partial charge in [0.05, 0.1) is 0 Å². The summed E-state index contributed by atoms with van der Waals surface area (Å²) in [6.07, 6.45) is 4.92.